The van der Waals surface area contributed by atoms with Crippen LogP contribution in [0.15, 0.2) is 0 Å². The van der Waals surface area contributed by atoms with E-state index in [2.05, 4.69) is 19.8 Å². The van der Waals surface area contributed by atoms with Crippen molar-refractivity contribution in [2.24, 2.45) is 0 Å². The van der Waals surface area contributed by atoms with E-state index in [1.165, 1.54) is 11.5 Å². The zero-order chi connectivity index (χ0) is 16.6. The molecule has 2 amide bonds. The number of carbonyl (C=O) groups is 2. The Balaban J connectivity index is 1.72. The lowest BCUT2D eigenvalue weighted by molar-refractivity contribution is -0.139. The quantitative estimate of drug-likeness (QED) is 0.859. The number of nitrogens with zero attached hydrogens (tertiary/aromatic N) is 4. The van der Waals surface area contributed by atoms with Crippen molar-refractivity contribution in [2.45, 2.75) is 38.1 Å². The second kappa shape index (κ2) is 6.16. The Labute approximate surface area is 140 Å². The predicted molar refractivity (Wildman–Crippen MR) is 87.5 cm³/mol. The molecule has 1 spiro atoms. The Kier molecular flexibility index (Phi) is 4.37. The van der Waals surface area contributed by atoms with Gasteiger partial charge in [-0.05, 0) is 37.3 Å². The highest BCUT2D eigenvalue weighted by molar-refractivity contribution is 7.08. The maximum absolute atomic E-state index is 12.8. The summed E-state index contributed by atoms with van der Waals surface area (Å²) >= 11 is 1.17. The van der Waals surface area contributed by atoms with E-state index in [4.69, 9.17) is 0 Å². The molecular weight excluding hydrogens is 314 g/mol. The first kappa shape index (κ1) is 16.3. The summed E-state index contributed by atoms with van der Waals surface area (Å²) in [7, 11) is 2.00. The normalized spacial score (nSPS) is 21.7. The average molecular weight is 337 g/mol. The van der Waals surface area contributed by atoms with Crippen LogP contribution in [0.2, 0.25) is 0 Å². The number of amides is 2. The number of nitrogens with one attached hydrogen (secondary N) is 1. The first-order valence-corrected chi connectivity index (χ1v) is 8.84. The molecule has 0 atom stereocenters. The monoisotopic (exact) mass is 337 g/mol. The number of piperidine rings is 1. The highest BCUT2D eigenvalue weighted by Gasteiger charge is 2.47. The lowest BCUT2D eigenvalue weighted by Crippen LogP contribution is -2.67. The van der Waals surface area contributed by atoms with Crippen LogP contribution in [0.1, 0.15) is 48.0 Å². The number of rotatable bonds is 2. The molecule has 0 radical (unpaired) electrons. The van der Waals surface area contributed by atoms with E-state index < -0.39 is 5.54 Å². The SMILES string of the molecule is CC(C)c1nnsc1C(=O)N1CCC2(CC1)C(=O)NCCN2C. The molecule has 2 aliphatic rings. The third-order valence-corrected chi connectivity index (χ3v) is 5.75. The van der Waals surface area contributed by atoms with Gasteiger partial charge in [0.1, 0.15) is 10.4 Å². The molecule has 0 bridgehead atoms. The largest absolute Gasteiger partial charge is 0.353 e. The van der Waals surface area contributed by atoms with Gasteiger partial charge in [-0.15, -0.1) is 5.10 Å². The lowest BCUT2D eigenvalue weighted by Gasteiger charge is -2.48. The van der Waals surface area contributed by atoms with Crippen molar-refractivity contribution >= 4 is 23.3 Å². The molecule has 2 fully saturated rings. The Morgan fingerprint density at radius 3 is 2.61 bits per heavy atom. The average Bonchev–Trinajstić information content (AvgIpc) is 3.02. The Bertz CT molecular complexity index is 607. The molecule has 0 saturated carbocycles. The number of piperazine rings is 1. The third-order valence-electron chi connectivity index (χ3n) is 5.02. The van der Waals surface area contributed by atoms with Gasteiger partial charge in [0.2, 0.25) is 5.91 Å². The van der Waals surface area contributed by atoms with Gasteiger partial charge in [0.05, 0.1) is 5.69 Å². The fourth-order valence-corrected chi connectivity index (χ4v) is 4.23. The standard InChI is InChI=1S/C15H23N5O2S/c1-10(2)11-12(23-18-17-11)13(21)20-7-4-15(5-8-20)14(22)16-6-9-19(15)3/h10H,4-9H2,1-3H3,(H,16,22). The van der Waals surface area contributed by atoms with E-state index in [9.17, 15) is 9.59 Å². The van der Waals surface area contributed by atoms with Crippen LogP contribution >= 0.6 is 11.5 Å². The van der Waals surface area contributed by atoms with Crippen LogP contribution in [0.5, 0.6) is 0 Å². The van der Waals surface area contributed by atoms with Gasteiger partial charge < -0.3 is 10.2 Å². The summed E-state index contributed by atoms with van der Waals surface area (Å²) in [6, 6.07) is 0. The third kappa shape index (κ3) is 2.74. The molecule has 1 aromatic heterocycles. The van der Waals surface area contributed by atoms with Gasteiger partial charge in [-0.2, -0.15) is 0 Å². The molecule has 126 valence electrons. The lowest BCUT2D eigenvalue weighted by atomic mass is 9.83. The van der Waals surface area contributed by atoms with E-state index in [1.807, 2.05) is 25.8 Å². The van der Waals surface area contributed by atoms with Crippen LogP contribution in [0.25, 0.3) is 0 Å². The second-order valence-corrected chi connectivity index (χ2v) is 7.40. The molecule has 2 saturated heterocycles. The Morgan fingerprint density at radius 1 is 1.30 bits per heavy atom. The molecule has 3 rings (SSSR count). The van der Waals surface area contributed by atoms with Crippen molar-refractivity contribution in [3.63, 3.8) is 0 Å². The van der Waals surface area contributed by atoms with Gasteiger partial charge >= 0.3 is 0 Å². The molecule has 7 nitrogen and oxygen atoms in total. The minimum atomic E-state index is -0.456. The molecule has 8 heteroatoms. The van der Waals surface area contributed by atoms with Gasteiger partial charge in [0, 0.05) is 26.2 Å². The van der Waals surface area contributed by atoms with Crippen molar-refractivity contribution in [2.75, 3.05) is 33.2 Å². The molecular formula is C15H23N5O2S. The minimum absolute atomic E-state index is 0.00239. The van der Waals surface area contributed by atoms with Crippen LogP contribution in [-0.4, -0.2) is 70.0 Å². The van der Waals surface area contributed by atoms with Crippen LogP contribution in [0.4, 0.5) is 0 Å². The van der Waals surface area contributed by atoms with Crippen molar-refractivity contribution in [1.29, 1.82) is 0 Å². The van der Waals surface area contributed by atoms with Gasteiger partial charge in [-0.3, -0.25) is 14.5 Å². The van der Waals surface area contributed by atoms with Crippen molar-refractivity contribution < 1.29 is 9.59 Å². The molecule has 3 heterocycles. The summed E-state index contributed by atoms with van der Waals surface area (Å²) in [4.78, 5) is 29.7. The van der Waals surface area contributed by atoms with Crippen LogP contribution in [0, 0.1) is 0 Å². The fraction of sp³-hybridized carbons (Fsp3) is 0.733. The number of hydrogen-bond donors (Lipinski definition) is 1. The number of carbonyl (C=O) groups excluding carboxylic acids is 2. The van der Waals surface area contributed by atoms with Crippen molar-refractivity contribution in [1.82, 2.24) is 24.7 Å². The predicted octanol–water partition coefficient (Wildman–Crippen LogP) is 0.698. The summed E-state index contributed by atoms with van der Waals surface area (Å²) in [6.07, 6.45) is 1.34. The molecule has 2 aliphatic heterocycles. The number of aromatic nitrogens is 2. The molecule has 0 aromatic carbocycles. The van der Waals surface area contributed by atoms with E-state index in [1.54, 1.807) is 0 Å². The van der Waals surface area contributed by atoms with Gasteiger partial charge in [-0.25, -0.2) is 0 Å². The summed E-state index contributed by atoms with van der Waals surface area (Å²) in [5.74, 6) is 0.275. The van der Waals surface area contributed by atoms with E-state index in [0.29, 0.717) is 37.4 Å². The maximum atomic E-state index is 12.8. The van der Waals surface area contributed by atoms with Gasteiger partial charge in [0.15, 0.2) is 0 Å². The highest BCUT2D eigenvalue weighted by Crippen LogP contribution is 2.31. The summed E-state index contributed by atoms with van der Waals surface area (Å²) < 4.78 is 3.94. The van der Waals surface area contributed by atoms with Crippen LogP contribution in [-0.2, 0) is 4.79 Å². The number of likely N-dealkylation sites (N-methyl/N-ethyl adjacent to an activating group) is 1. The Morgan fingerprint density at radius 2 is 2.00 bits per heavy atom. The molecule has 23 heavy (non-hydrogen) atoms. The first-order chi connectivity index (χ1) is 11.0. The maximum Gasteiger partial charge on any atom is 0.267 e. The topological polar surface area (TPSA) is 78.4 Å². The van der Waals surface area contributed by atoms with Crippen LogP contribution < -0.4 is 5.32 Å². The first-order valence-electron chi connectivity index (χ1n) is 8.07. The van der Waals surface area contributed by atoms with Crippen LogP contribution in [0.3, 0.4) is 0 Å². The zero-order valence-electron chi connectivity index (χ0n) is 13.8. The fourth-order valence-electron chi connectivity index (χ4n) is 3.44. The van der Waals surface area contributed by atoms with Crippen molar-refractivity contribution in [3.05, 3.63) is 10.6 Å². The zero-order valence-corrected chi connectivity index (χ0v) is 14.7. The molecule has 0 unspecified atom stereocenters. The van der Waals surface area contributed by atoms with E-state index >= 15 is 0 Å². The second-order valence-electron chi connectivity index (χ2n) is 6.64. The van der Waals surface area contributed by atoms with Gasteiger partial charge in [-0.1, -0.05) is 18.3 Å². The molecule has 0 aliphatic carbocycles. The number of hydrogen-bond acceptors (Lipinski definition) is 6. The highest BCUT2D eigenvalue weighted by atomic mass is 32.1. The van der Waals surface area contributed by atoms with E-state index in [-0.39, 0.29) is 17.7 Å². The summed E-state index contributed by atoms with van der Waals surface area (Å²) in [6.45, 7) is 6.76. The molecule has 1 N–H and O–H groups in total. The smallest absolute Gasteiger partial charge is 0.267 e. The van der Waals surface area contributed by atoms with E-state index in [0.717, 1.165) is 12.2 Å². The summed E-state index contributed by atoms with van der Waals surface area (Å²) in [5, 5.41) is 7.05. The van der Waals surface area contributed by atoms with Gasteiger partial charge in [0.25, 0.3) is 5.91 Å². The summed E-state index contributed by atoms with van der Waals surface area (Å²) in [5.41, 5.74) is 0.315. The number of likely N-dealkylation sites (tertiary alicyclic amines) is 1. The van der Waals surface area contributed by atoms with Crippen molar-refractivity contribution in [3.8, 4) is 0 Å². The Hall–Kier alpha value is -1.54. The minimum Gasteiger partial charge on any atom is -0.353 e. The molecule has 1 aromatic rings.